The van der Waals surface area contributed by atoms with Gasteiger partial charge in [-0.05, 0) is 170 Å². The molecule has 0 aliphatic heterocycles. The molecule has 78 heavy (non-hydrogen) atoms. The van der Waals surface area contributed by atoms with Crippen molar-refractivity contribution in [1.29, 1.82) is 0 Å². The molecule has 0 bridgehead atoms. The second-order valence-electron chi connectivity index (χ2n) is 28.2. The van der Waals surface area contributed by atoms with Gasteiger partial charge in [-0.3, -0.25) is 0 Å². The third-order valence-electron chi connectivity index (χ3n) is 21.0. The van der Waals surface area contributed by atoms with Crippen LogP contribution in [0.1, 0.15) is 200 Å². The molecule has 9 aromatic rings. The summed E-state index contributed by atoms with van der Waals surface area (Å²) in [5, 5.41) is 0. The van der Waals surface area contributed by atoms with Crippen LogP contribution in [-0.4, -0.2) is 0 Å². The zero-order valence-electron chi connectivity index (χ0n) is 49.3. The van der Waals surface area contributed by atoms with E-state index in [9.17, 15) is 0 Å². The van der Waals surface area contributed by atoms with Crippen molar-refractivity contribution in [2.24, 2.45) is 0 Å². The molecular weight excluding hydrogens is 937 g/mol. The normalized spacial score (nSPS) is 19.1. The summed E-state index contributed by atoms with van der Waals surface area (Å²) < 4.78 is 0. The Labute approximate surface area is 467 Å². The minimum Gasteiger partial charge on any atom is -0.0619 e. The van der Waals surface area contributed by atoms with Crippen molar-refractivity contribution >= 4 is 0 Å². The number of hydrogen-bond donors (Lipinski definition) is 0. The molecule has 13 rings (SSSR count). The summed E-state index contributed by atoms with van der Waals surface area (Å²) >= 11 is 0. The lowest BCUT2D eigenvalue weighted by Gasteiger charge is -2.44. The van der Waals surface area contributed by atoms with Gasteiger partial charge >= 0.3 is 0 Å². The molecule has 0 amide bonds. The molecule has 0 aromatic heterocycles. The standard InChI is InChI=1S/C78H78/c1-71(2)55-25-17-21-29-59(55)75(9,10)67-41-47(33-37-63(67)71)51-45-53(49-35-39-65-69(43-49)77(13,14)61-31-23-19-27-57(61)73(65,5)6)54(50-36-40-66-70(44-50)78(15,16)62-32-24-20-28-58(62)74(66,7)8)46-52(51)48-34-38-64-68(42-48)76(11,12)60-30-22-18-26-56(60)72(64,3)4/h17-46H,1-16H3. The summed E-state index contributed by atoms with van der Waals surface area (Å²) in [6.45, 7) is 38.9. The quantitative estimate of drug-likeness (QED) is 0.165. The smallest absolute Gasteiger partial charge is 0.0152 e. The lowest BCUT2D eigenvalue weighted by Crippen LogP contribution is -2.36. The Bertz CT molecular complexity index is 3500. The van der Waals surface area contributed by atoms with Crippen molar-refractivity contribution in [1.82, 2.24) is 0 Å². The second kappa shape index (κ2) is 16.3. The third-order valence-corrected chi connectivity index (χ3v) is 21.0. The molecule has 4 aliphatic carbocycles. The molecule has 0 heterocycles. The first-order valence-corrected chi connectivity index (χ1v) is 28.9. The number of fused-ring (bicyclic) bond motifs is 8. The Hall–Kier alpha value is -7.02. The summed E-state index contributed by atoms with van der Waals surface area (Å²) in [5.74, 6) is 0. The molecule has 0 spiro atoms. The first-order chi connectivity index (χ1) is 36.7. The van der Waals surface area contributed by atoms with Gasteiger partial charge in [0.1, 0.15) is 0 Å². The molecule has 0 fully saturated rings. The van der Waals surface area contributed by atoms with E-state index in [0.29, 0.717) is 0 Å². The van der Waals surface area contributed by atoms with Gasteiger partial charge < -0.3 is 0 Å². The monoisotopic (exact) mass is 1010 g/mol. The lowest BCUT2D eigenvalue weighted by atomic mass is 9.59. The van der Waals surface area contributed by atoms with E-state index in [2.05, 4.69) is 293 Å². The van der Waals surface area contributed by atoms with Crippen LogP contribution in [0, 0.1) is 0 Å². The van der Waals surface area contributed by atoms with E-state index in [1.807, 2.05) is 0 Å². The molecule has 390 valence electrons. The third kappa shape index (κ3) is 6.77. The fourth-order valence-corrected chi connectivity index (χ4v) is 16.1. The van der Waals surface area contributed by atoms with Gasteiger partial charge in [0.15, 0.2) is 0 Å². The molecule has 0 saturated heterocycles. The minimum atomic E-state index is -0.204. The fraction of sp³-hybridized carbons (Fsp3) is 0.308. The molecule has 4 aliphatic rings. The molecule has 0 radical (unpaired) electrons. The number of benzene rings is 9. The van der Waals surface area contributed by atoms with Crippen LogP contribution in [0.4, 0.5) is 0 Å². The van der Waals surface area contributed by atoms with Gasteiger partial charge in [0, 0.05) is 43.3 Å². The van der Waals surface area contributed by atoms with Crippen molar-refractivity contribution in [2.75, 3.05) is 0 Å². The Morgan fingerprint density at radius 3 is 0.462 bits per heavy atom. The summed E-state index contributed by atoms with van der Waals surface area (Å²) in [5.41, 5.74) is 31.2. The van der Waals surface area contributed by atoms with E-state index in [4.69, 9.17) is 0 Å². The molecule has 0 saturated carbocycles. The van der Waals surface area contributed by atoms with Crippen molar-refractivity contribution < 1.29 is 0 Å². The summed E-state index contributed by atoms with van der Waals surface area (Å²) in [4.78, 5) is 0. The van der Waals surface area contributed by atoms with Crippen LogP contribution in [0.2, 0.25) is 0 Å². The van der Waals surface area contributed by atoms with Crippen LogP contribution in [0.25, 0.3) is 44.5 Å². The van der Waals surface area contributed by atoms with Crippen molar-refractivity contribution in [3.05, 3.63) is 271 Å². The van der Waals surface area contributed by atoms with Crippen LogP contribution in [0.15, 0.2) is 182 Å². The van der Waals surface area contributed by atoms with Crippen LogP contribution in [-0.2, 0) is 43.3 Å². The van der Waals surface area contributed by atoms with Gasteiger partial charge in [-0.2, -0.15) is 0 Å². The maximum atomic E-state index is 2.60. The zero-order chi connectivity index (χ0) is 55.1. The Morgan fingerprint density at radius 1 is 0.154 bits per heavy atom. The van der Waals surface area contributed by atoms with E-state index in [-0.39, 0.29) is 43.3 Å². The summed E-state index contributed by atoms with van der Waals surface area (Å²) in [7, 11) is 0. The predicted octanol–water partition coefficient (Wildman–Crippen LogP) is 20.2. The van der Waals surface area contributed by atoms with Gasteiger partial charge in [-0.15, -0.1) is 0 Å². The lowest BCUT2D eigenvalue weighted by molar-refractivity contribution is 0.521. The minimum absolute atomic E-state index is 0.150. The summed E-state index contributed by atoms with van der Waals surface area (Å²) in [6.07, 6.45) is 0. The topological polar surface area (TPSA) is 0 Å². The van der Waals surface area contributed by atoms with Crippen LogP contribution in [0.5, 0.6) is 0 Å². The Morgan fingerprint density at radius 2 is 0.295 bits per heavy atom. The van der Waals surface area contributed by atoms with Gasteiger partial charge in [0.25, 0.3) is 0 Å². The van der Waals surface area contributed by atoms with E-state index < -0.39 is 0 Å². The summed E-state index contributed by atoms with van der Waals surface area (Å²) in [6, 6.07) is 71.9. The number of rotatable bonds is 4. The highest BCUT2D eigenvalue weighted by atomic mass is 14.5. The molecule has 0 N–H and O–H groups in total. The highest BCUT2D eigenvalue weighted by Crippen LogP contribution is 2.57. The van der Waals surface area contributed by atoms with Crippen molar-refractivity contribution in [3.63, 3.8) is 0 Å². The van der Waals surface area contributed by atoms with E-state index in [1.54, 1.807) is 0 Å². The highest BCUT2D eigenvalue weighted by Gasteiger charge is 2.46. The van der Waals surface area contributed by atoms with E-state index in [1.165, 1.54) is 134 Å². The van der Waals surface area contributed by atoms with Crippen LogP contribution < -0.4 is 0 Å². The Kier molecular flexibility index (Phi) is 10.5. The molecule has 0 heteroatoms. The first kappa shape index (κ1) is 50.5. The largest absolute Gasteiger partial charge is 0.0619 e. The Balaban J connectivity index is 1.12. The molecule has 0 nitrogen and oxygen atoms in total. The van der Waals surface area contributed by atoms with Gasteiger partial charge in [0.05, 0.1) is 0 Å². The van der Waals surface area contributed by atoms with Gasteiger partial charge in [0.2, 0.25) is 0 Å². The van der Waals surface area contributed by atoms with E-state index in [0.717, 1.165) is 0 Å². The maximum absolute atomic E-state index is 2.60. The van der Waals surface area contributed by atoms with E-state index >= 15 is 0 Å². The maximum Gasteiger partial charge on any atom is 0.0152 e. The number of hydrogen-bond acceptors (Lipinski definition) is 0. The van der Waals surface area contributed by atoms with Gasteiger partial charge in [-0.25, -0.2) is 0 Å². The highest BCUT2D eigenvalue weighted by molar-refractivity contribution is 5.96. The SMILES string of the molecule is CC1(C)c2ccccc2C(C)(C)c2cc(-c3cc(-c4ccc5c(c4)C(C)(C)c4ccccc4C5(C)C)c(-c4ccc5c(c4)C(C)(C)c4ccccc4C5(C)C)cc3-c3ccc4c(c3)C(C)(C)c3ccccc3C4(C)C)ccc21. The zero-order valence-corrected chi connectivity index (χ0v) is 49.3. The van der Waals surface area contributed by atoms with Crippen molar-refractivity contribution in [2.45, 2.75) is 154 Å². The van der Waals surface area contributed by atoms with Crippen LogP contribution in [0.3, 0.4) is 0 Å². The first-order valence-electron chi connectivity index (χ1n) is 28.9. The fourth-order valence-electron chi connectivity index (χ4n) is 16.1. The molecular formula is C78H78. The molecule has 0 atom stereocenters. The second-order valence-corrected chi connectivity index (χ2v) is 28.2. The molecule has 9 aromatic carbocycles. The van der Waals surface area contributed by atoms with Crippen molar-refractivity contribution in [3.8, 4) is 44.5 Å². The van der Waals surface area contributed by atoms with Crippen LogP contribution >= 0.6 is 0 Å². The average molecular weight is 1020 g/mol. The predicted molar refractivity (Wildman–Crippen MR) is 331 cm³/mol. The molecule has 0 unspecified atom stereocenters. The van der Waals surface area contributed by atoms with Gasteiger partial charge in [-0.1, -0.05) is 256 Å². The average Bonchev–Trinajstić information content (AvgIpc) is 3.57.